The van der Waals surface area contributed by atoms with Crippen LogP contribution in [0, 0.1) is 5.82 Å². The topological polar surface area (TPSA) is 57.3 Å². The zero-order chi connectivity index (χ0) is 20.2. The first-order chi connectivity index (χ1) is 14.1. The fourth-order valence-corrected chi connectivity index (χ4v) is 4.62. The van der Waals surface area contributed by atoms with Crippen molar-refractivity contribution >= 4 is 40.3 Å². The van der Waals surface area contributed by atoms with Crippen molar-refractivity contribution in [2.45, 2.75) is 18.5 Å². The number of carbonyl (C=O) groups excluding carboxylic acids is 1. The van der Waals surface area contributed by atoms with Gasteiger partial charge in [-0.15, -0.1) is 11.3 Å². The fraction of sp³-hybridized carbons (Fsp3) is 0.190. The fourth-order valence-electron chi connectivity index (χ4n) is 3.41. The lowest BCUT2D eigenvalue weighted by atomic mass is 10.0. The minimum absolute atomic E-state index is 0.0568. The number of halogens is 1. The number of amides is 1. The van der Waals surface area contributed by atoms with Crippen LogP contribution in [0.2, 0.25) is 0 Å². The van der Waals surface area contributed by atoms with Crippen LogP contribution in [0.15, 0.2) is 66.2 Å². The summed E-state index contributed by atoms with van der Waals surface area (Å²) in [5.41, 5.74) is 1.08. The molecule has 8 heteroatoms. The number of carbonyl (C=O) groups is 1. The Bertz CT molecular complexity index is 997. The maximum Gasteiger partial charge on any atom is 0.226 e. The lowest BCUT2D eigenvalue weighted by Crippen LogP contribution is -2.32. The molecular weight excluding hydrogens is 407 g/mol. The minimum Gasteiger partial charge on any atom is -0.352 e. The molecule has 148 valence electrons. The van der Waals surface area contributed by atoms with Gasteiger partial charge in [0, 0.05) is 24.0 Å². The molecule has 1 aliphatic rings. The number of thiocarbonyl (C=S) groups is 1. The van der Waals surface area contributed by atoms with Gasteiger partial charge in [-0.3, -0.25) is 9.78 Å². The van der Waals surface area contributed by atoms with Gasteiger partial charge in [0.2, 0.25) is 5.91 Å². The van der Waals surface area contributed by atoms with Crippen molar-refractivity contribution in [2.24, 2.45) is 0 Å². The second-order valence-electron chi connectivity index (χ2n) is 6.61. The van der Waals surface area contributed by atoms with Crippen LogP contribution in [0.5, 0.6) is 0 Å². The largest absolute Gasteiger partial charge is 0.352 e. The minimum atomic E-state index is -0.453. The third-order valence-corrected chi connectivity index (χ3v) is 6.06. The Morgan fingerprint density at radius 3 is 2.76 bits per heavy atom. The van der Waals surface area contributed by atoms with E-state index in [2.05, 4.69) is 21.7 Å². The Hall–Kier alpha value is -2.84. The van der Waals surface area contributed by atoms with E-state index in [9.17, 15) is 9.18 Å². The van der Waals surface area contributed by atoms with Gasteiger partial charge in [0.05, 0.1) is 23.5 Å². The summed E-state index contributed by atoms with van der Waals surface area (Å²) in [6.07, 6.45) is 1.95. The zero-order valence-electron chi connectivity index (χ0n) is 15.4. The van der Waals surface area contributed by atoms with Crippen molar-refractivity contribution in [3.8, 4) is 0 Å². The quantitative estimate of drug-likeness (QED) is 0.576. The van der Waals surface area contributed by atoms with E-state index in [1.165, 1.54) is 6.07 Å². The van der Waals surface area contributed by atoms with Gasteiger partial charge in [0.1, 0.15) is 5.82 Å². The standard InChI is InChI=1S/C21H19FN4OS2/c22-14-6-1-2-7-15(14)24-18(27)10-12-26-20(17-9-5-13-29-17)19(25-21(26)28)16-8-3-4-11-23-16/h1-9,11,13,19-20H,10,12H2,(H,24,27)(H,25,28). The first-order valence-corrected chi connectivity index (χ1v) is 10.5. The van der Waals surface area contributed by atoms with Crippen LogP contribution in [0.1, 0.15) is 29.1 Å². The molecule has 1 saturated heterocycles. The molecule has 3 aromatic rings. The summed E-state index contributed by atoms with van der Waals surface area (Å²) >= 11 is 7.22. The molecule has 1 aromatic carbocycles. The molecule has 0 radical (unpaired) electrons. The van der Waals surface area contributed by atoms with Crippen LogP contribution in [-0.2, 0) is 4.79 Å². The number of hydrogen-bond donors (Lipinski definition) is 2. The van der Waals surface area contributed by atoms with Gasteiger partial charge in [0.15, 0.2) is 5.11 Å². The summed E-state index contributed by atoms with van der Waals surface area (Å²) < 4.78 is 13.8. The Balaban J connectivity index is 1.50. The van der Waals surface area contributed by atoms with Crippen molar-refractivity contribution in [2.75, 3.05) is 11.9 Å². The van der Waals surface area contributed by atoms with Crippen molar-refractivity contribution in [1.82, 2.24) is 15.2 Å². The van der Waals surface area contributed by atoms with E-state index in [0.29, 0.717) is 11.7 Å². The lowest BCUT2D eigenvalue weighted by molar-refractivity contribution is -0.116. The number of benzene rings is 1. The molecular formula is C21H19FN4OS2. The van der Waals surface area contributed by atoms with Crippen molar-refractivity contribution in [3.05, 3.63) is 82.6 Å². The van der Waals surface area contributed by atoms with Gasteiger partial charge in [-0.2, -0.15) is 0 Å². The van der Waals surface area contributed by atoms with E-state index >= 15 is 0 Å². The molecule has 2 aromatic heterocycles. The van der Waals surface area contributed by atoms with E-state index < -0.39 is 5.82 Å². The summed E-state index contributed by atoms with van der Waals surface area (Å²) in [5.74, 6) is -0.713. The molecule has 2 unspecified atom stereocenters. The second kappa shape index (κ2) is 8.67. The molecule has 0 saturated carbocycles. The maximum atomic E-state index is 13.8. The van der Waals surface area contributed by atoms with Crippen LogP contribution < -0.4 is 10.6 Å². The highest BCUT2D eigenvalue weighted by Crippen LogP contribution is 2.40. The molecule has 1 fully saturated rings. The first kappa shape index (κ1) is 19.5. The molecule has 4 rings (SSSR count). The molecule has 2 N–H and O–H groups in total. The number of pyridine rings is 1. The summed E-state index contributed by atoms with van der Waals surface area (Å²) in [5, 5.41) is 8.58. The predicted octanol–water partition coefficient (Wildman–Crippen LogP) is 4.28. The van der Waals surface area contributed by atoms with E-state index in [0.717, 1.165) is 10.6 Å². The normalized spacial score (nSPS) is 18.5. The average Bonchev–Trinajstić information content (AvgIpc) is 3.36. The highest BCUT2D eigenvalue weighted by molar-refractivity contribution is 7.80. The van der Waals surface area contributed by atoms with E-state index in [-0.39, 0.29) is 30.1 Å². The second-order valence-corrected chi connectivity index (χ2v) is 7.98. The number of anilines is 1. The smallest absolute Gasteiger partial charge is 0.226 e. The van der Waals surface area contributed by atoms with Crippen LogP contribution in [-0.4, -0.2) is 27.4 Å². The molecule has 0 aliphatic carbocycles. The number of aromatic nitrogens is 1. The average molecular weight is 427 g/mol. The molecule has 5 nitrogen and oxygen atoms in total. The molecule has 1 amide bonds. The Kier molecular flexibility index (Phi) is 5.82. The molecule has 2 atom stereocenters. The molecule has 0 bridgehead atoms. The number of nitrogens with zero attached hydrogens (tertiary/aromatic N) is 2. The summed E-state index contributed by atoms with van der Waals surface area (Å²) in [6, 6.07) is 15.8. The third kappa shape index (κ3) is 4.28. The van der Waals surface area contributed by atoms with Crippen LogP contribution >= 0.6 is 23.6 Å². The number of hydrogen-bond acceptors (Lipinski definition) is 4. The first-order valence-electron chi connectivity index (χ1n) is 9.19. The third-order valence-electron chi connectivity index (χ3n) is 4.76. The van der Waals surface area contributed by atoms with Crippen molar-refractivity contribution in [1.29, 1.82) is 0 Å². The zero-order valence-corrected chi connectivity index (χ0v) is 17.0. The Morgan fingerprint density at radius 1 is 1.21 bits per heavy atom. The van der Waals surface area contributed by atoms with Gasteiger partial charge in [-0.1, -0.05) is 24.3 Å². The highest BCUT2D eigenvalue weighted by atomic mass is 32.1. The highest BCUT2D eigenvalue weighted by Gasteiger charge is 2.40. The van der Waals surface area contributed by atoms with Crippen molar-refractivity contribution < 1.29 is 9.18 Å². The number of thiophene rings is 1. The molecule has 3 heterocycles. The van der Waals surface area contributed by atoms with Crippen LogP contribution in [0.4, 0.5) is 10.1 Å². The summed E-state index contributed by atoms with van der Waals surface area (Å²) in [6.45, 7) is 0.415. The Labute approximate surface area is 177 Å². The van der Waals surface area contributed by atoms with Crippen LogP contribution in [0.3, 0.4) is 0 Å². The Morgan fingerprint density at radius 2 is 2.03 bits per heavy atom. The number of para-hydroxylation sites is 1. The maximum absolute atomic E-state index is 13.8. The SMILES string of the molecule is O=C(CCN1C(=S)NC(c2ccccn2)C1c1cccs1)Nc1ccccc1F. The molecule has 1 aliphatic heterocycles. The van der Waals surface area contributed by atoms with Gasteiger partial charge in [0.25, 0.3) is 0 Å². The number of nitrogens with one attached hydrogen (secondary N) is 2. The van der Waals surface area contributed by atoms with E-state index in [4.69, 9.17) is 12.2 Å². The molecule has 29 heavy (non-hydrogen) atoms. The van der Waals surface area contributed by atoms with Gasteiger partial charge in [-0.05, 0) is 47.9 Å². The van der Waals surface area contributed by atoms with E-state index in [1.807, 2.05) is 34.5 Å². The summed E-state index contributed by atoms with van der Waals surface area (Å²) in [7, 11) is 0. The lowest BCUT2D eigenvalue weighted by Gasteiger charge is -2.26. The predicted molar refractivity (Wildman–Crippen MR) is 116 cm³/mol. The van der Waals surface area contributed by atoms with Crippen LogP contribution in [0.25, 0.3) is 0 Å². The molecule has 0 spiro atoms. The van der Waals surface area contributed by atoms with Gasteiger partial charge >= 0.3 is 0 Å². The van der Waals surface area contributed by atoms with Gasteiger partial charge in [-0.25, -0.2) is 4.39 Å². The van der Waals surface area contributed by atoms with Crippen molar-refractivity contribution in [3.63, 3.8) is 0 Å². The van der Waals surface area contributed by atoms with Gasteiger partial charge < -0.3 is 15.5 Å². The number of rotatable bonds is 6. The monoisotopic (exact) mass is 426 g/mol. The summed E-state index contributed by atoms with van der Waals surface area (Å²) in [4.78, 5) is 20.0. The van der Waals surface area contributed by atoms with E-state index in [1.54, 1.807) is 35.7 Å².